The number of oxime groups is 1. The van der Waals surface area contributed by atoms with E-state index in [9.17, 15) is 23.6 Å². The Hall–Kier alpha value is -5.54. The maximum Gasteiger partial charge on any atom is 0.299 e. The Labute approximate surface area is 376 Å². The van der Waals surface area contributed by atoms with Gasteiger partial charge in [0.05, 0.1) is 21.9 Å². The Kier molecular flexibility index (Phi) is 13.2. The van der Waals surface area contributed by atoms with Gasteiger partial charge in [-0.05, 0) is 131 Å². The first-order valence-corrected chi connectivity index (χ1v) is 22.9. The SMILES string of the molecule is CC(C)C1SC(=O)NN=C1c1ccc2c(c1)C(C)(C)CCN2/C(=N\O)c1ccc(F)cc1.CC(C)C1SC(=O)NN=C1c1ccc2c(c1)C(C)(C)CCN2C(=N)c1ccc(F)cc1. The van der Waals surface area contributed by atoms with Gasteiger partial charge in [0.2, 0.25) is 0 Å². The summed E-state index contributed by atoms with van der Waals surface area (Å²) in [7, 11) is 0. The predicted octanol–water partition coefficient (Wildman–Crippen LogP) is 10.9. The lowest BCUT2D eigenvalue weighted by Crippen LogP contribution is -2.42. The lowest BCUT2D eigenvalue weighted by molar-refractivity contribution is 0.260. The van der Waals surface area contributed by atoms with Crippen LogP contribution in [0.2, 0.25) is 0 Å². The van der Waals surface area contributed by atoms with Crippen molar-refractivity contribution < 1.29 is 23.6 Å². The average Bonchev–Trinajstić information content (AvgIpc) is 3.25. The van der Waals surface area contributed by atoms with Gasteiger partial charge in [-0.3, -0.25) is 15.0 Å². The molecule has 0 aliphatic carbocycles. The standard InChI is InChI=1S/C24H27FN4O2S.C24H27FN4OS/c1-14(2)21-20(26-27-23(30)32-21)16-7-10-19-18(13-16)24(3,4)11-12-29(19)22(28-31)15-5-8-17(25)9-6-15;1-14(2)21-20(27-28-23(30)31-21)16-7-10-19-18(13-16)24(3,4)11-12-29(19)22(26)15-5-8-17(25)9-6-15/h5-10,13-14,21,31H,11-12H2,1-4H3,(H,27,30);5-10,13-14,21,26H,11-12H2,1-4H3,(H,28,30)/b28-22-;. The van der Waals surface area contributed by atoms with Crippen molar-refractivity contribution in [1.29, 1.82) is 5.41 Å². The molecular formula is C48H54F2N8O3S2. The first kappa shape index (κ1) is 45.5. The number of carbonyl (C=O) groups is 2. The van der Waals surface area contributed by atoms with Crippen LogP contribution in [0, 0.1) is 28.9 Å². The first-order valence-electron chi connectivity index (χ1n) is 21.1. The van der Waals surface area contributed by atoms with Crippen molar-refractivity contribution in [3.63, 3.8) is 0 Å². The smallest absolute Gasteiger partial charge is 0.299 e. The molecule has 4 aliphatic rings. The van der Waals surface area contributed by atoms with Crippen LogP contribution in [0.5, 0.6) is 0 Å². The fraction of sp³-hybridized carbons (Fsp3) is 0.375. The molecule has 63 heavy (non-hydrogen) atoms. The van der Waals surface area contributed by atoms with E-state index in [4.69, 9.17) is 5.41 Å². The number of amidine groups is 2. The van der Waals surface area contributed by atoms with Crippen molar-refractivity contribution in [3.05, 3.63) is 130 Å². The summed E-state index contributed by atoms with van der Waals surface area (Å²) in [4.78, 5) is 27.7. The third kappa shape index (κ3) is 9.54. The Morgan fingerprint density at radius 1 is 0.698 bits per heavy atom. The van der Waals surface area contributed by atoms with Crippen LogP contribution >= 0.6 is 23.5 Å². The van der Waals surface area contributed by atoms with E-state index < -0.39 is 0 Å². The zero-order valence-electron chi connectivity index (χ0n) is 36.8. The number of nitrogens with one attached hydrogen (secondary N) is 3. The van der Waals surface area contributed by atoms with E-state index in [1.807, 2.05) is 34.1 Å². The number of carbonyl (C=O) groups excluding carboxylic acids is 2. The highest BCUT2D eigenvalue weighted by atomic mass is 32.2. The summed E-state index contributed by atoms with van der Waals surface area (Å²) in [5, 5.41) is 30.6. The Morgan fingerprint density at radius 2 is 1.11 bits per heavy atom. The Morgan fingerprint density at radius 3 is 1.54 bits per heavy atom. The molecule has 8 rings (SSSR count). The van der Waals surface area contributed by atoms with E-state index in [0.29, 0.717) is 29.3 Å². The minimum Gasteiger partial charge on any atom is -0.409 e. The van der Waals surface area contributed by atoms with Crippen LogP contribution in [0.3, 0.4) is 0 Å². The van der Waals surface area contributed by atoms with E-state index in [0.717, 1.165) is 64.4 Å². The predicted molar refractivity (Wildman–Crippen MR) is 253 cm³/mol. The maximum absolute atomic E-state index is 13.4. The van der Waals surface area contributed by atoms with E-state index in [1.54, 1.807) is 24.3 Å². The average molecular weight is 893 g/mol. The van der Waals surface area contributed by atoms with Gasteiger partial charge in [-0.25, -0.2) is 19.6 Å². The number of benzene rings is 4. The zero-order chi connectivity index (χ0) is 45.4. The van der Waals surface area contributed by atoms with Crippen molar-refractivity contribution in [2.45, 2.75) is 89.6 Å². The summed E-state index contributed by atoms with van der Waals surface area (Å²) < 4.78 is 26.8. The highest BCUT2D eigenvalue weighted by Crippen LogP contribution is 2.43. The van der Waals surface area contributed by atoms with E-state index in [-0.39, 0.29) is 55.3 Å². The van der Waals surface area contributed by atoms with Gasteiger partial charge in [0.15, 0.2) is 5.84 Å². The minimum absolute atomic E-state index is 0.00730. The van der Waals surface area contributed by atoms with Gasteiger partial charge in [-0.1, -0.05) is 96.2 Å². The topological polar surface area (TPSA) is 146 Å². The molecule has 0 bridgehead atoms. The number of amides is 2. The third-order valence-corrected chi connectivity index (χ3v) is 14.8. The molecule has 0 spiro atoms. The zero-order valence-corrected chi connectivity index (χ0v) is 38.4. The van der Waals surface area contributed by atoms with E-state index in [1.165, 1.54) is 47.8 Å². The molecule has 0 fully saturated rings. The highest BCUT2D eigenvalue weighted by Gasteiger charge is 2.38. The number of halogens is 2. The summed E-state index contributed by atoms with van der Waals surface area (Å²) in [6.45, 7) is 18.6. The molecule has 330 valence electrons. The molecule has 4 heterocycles. The second kappa shape index (κ2) is 18.3. The molecule has 0 saturated carbocycles. The van der Waals surface area contributed by atoms with Crippen LogP contribution in [0.25, 0.3) is 0 Å². The Balaban J connectivity index is 0.000000189. The summed E-state index contributed by atoms with van der Waals surface area (Å²) in [5.74, 6) is 0.613. The molecular weight excluding hydrogens is 839 g/mol. The summed E-state index contributed by atoms with van der Waals surface area (Å²) in [6, 6.07) is 24.4. The number of hydrazone groups is 2. The molecule has 0 aromatic heterocycles. The molecule has 11 nitrogen and oxygen atoms in total. The van der Waals surface area contributed by atoms with Crippen molar-refractivity contribution in [2.75, 3.05) is 22.9 Å². The van der Waals surface area contributed by atoms with Crippen molar-refractivity contribution in [2.24, 2.45) is 27.2 Å². The Bertz CT molecular complexity index is 2500. The van der Waals surface area contributed by atoms with E-state index in [2.05, 4.69) is 93.7 Å². The minimum atomic E-state index is -0.339. The van der Waals surface area contributed by atoms with E-state index >= 15 is 0 Å². The lowest BCUT2D eigenvalue weighted by atomic mass is 9.76. The number of rotatable bonds is 6. The van der Waals surface area contributed by atoms with Gasteiger partial charge in [0.25, 0.3) is 10.5 Å². The lowest BCUT2D eigenvalue weighted by Gasteiger charge is -2.40. The number of anilines is 2. The molecule has 4 aromatic rings. The van der Waals surface area contributed by atoms with Crippen molar-refractivity contribution in [3.8, 4) is 0 Å². The number of thioether (sulfide) groups is 2. The van der Waals surface area contributed by atoms with Crippen molar-refractivity contribution in [1.82, 2.24) is 10.9 Å². The van der Waals surface area contributed by atoms with Crippen LogP contribution < -0.4 is 20.7 Å². The molecule has 4 N–H and O–H groups in total. The third-order valence-electron chi connectivity index (χ3n) is 12.1. The van der Waals surface area contributed by atoms with Gasteiger partial charge in [0.1, 0.15) is 17.5 Å². The van der Waals surface area contributed by atoms with Crippen LogP contribution in [0.4, 0.5) is 29.7 Å². The first-order chi connectivity index (χ1) is 29.9. The number of hydrogen-bond donors (Lipinski definition) is 4. The monoisotopic (exact) mass is 892 g/mol. The van der Waals surface area contributed by atoms with Gasteiger partial charge in [-0.2, -0.15) is 10.2 Å². The molecule has 2 atom stereocenters. The molecule has 4 aromatic carbocycles. The van der Waals surface area contributed by atoms with Crippen LogP contribution in [-0.4, -0.2) is 62.4 Å². The van der Waals surface area contributed by atoms with Crippen LogP contribution in [0.1, 0.15) is 102 Å². The molecule has 0 saturated heterocycles. The normalized spacial score (nSPS) is 20.4. The maximum atomic E-state index is 13.4. The summed E-state index contributed by atoms with van der Waals surface area (Å²) in [6.07, 6.45) is 1.73. The fourth-order valence-corrected chi connectivity index (χ4v) is 10.2. The second-order valence-electron chi connectivity index (χ2n) is 18.2. The fourth-order valence-electron chi connectivity index (χ4n) is 8.42. The summed E-state index contributed by atoms with van der Waals surface area (Å²) in [5.41, 5.74) is 14.2. The van der Waals surface area contributed by atoms with Gasteiger partial charge >= 0.3 is 0 Å². The number of hydrogen-bond acceptors (Lipinski definition) is 9. The van der Waals surface area contributed by atoms with Crippen LogP contribution in [-0.2, 0) is 10.8 Å². The molecule has 0 radical (unpaired) electrons. The largest absolute Gasteiger partial charge is 0.409 e. The number of nitrogens with zero attached hydrogens (tertiary/aromatic N) is 5. The number of fused-ring (bicyclic) bond motifs is 2. The molecule has 2 amide bonds. The quantitative estimate of drug-likeness (QED) is 0.0652. The van der Waals surface area contributed by atoms with Gasteiger partial charge < -0.3 is 15.0 Å². The second-order valence-corrected chi connectivity index (χ2v) is 20.4. The molecule has 4 aliphatic heterocycles. The van der Waals surface area contributed by atoms with Gasteiger partial charge in [-0.15, -0.1) is 0 Å². The highest BCUT2D eigenvalue weighted by molar-refractivity contribution is 8.15. The molecule has 15 heteroatoms. The van der Waals surface area contributed by atoms with Gasteiger partial charge in [0, 0.05) is 35.6 Å². The van der Waals surface area contributed by atoms with Crippen molar-refractivity contribution >= 4 is 68.5 Å². The summed E-state index contributed by atoms with van der Waals surface area (Å²) >= 11 is 2.55. The van der Waals surface area contributed by atoms with Crippen LogP contribution in [0.15, 0.2) is 100 Å². The molecule has 2 unspecified atom stereocenters.